The maximum atomic E-state index is 13.2. The number of anilines is 1. The van der Waals surface area contributed by atoms with Crippen molar-refractivity contribution < 1.29 is 19.4 Å². The summed E-state index contributed by atoms with van der Waals surface area (Å²) in [6.45, 7) is 1.23. The van der Waals surface area contributed by atoms with Crippen molar-refractivity contribution in [2.45, 2.75) is 19.9 Å². The predicted molar refractivity (Wildman–Crippen MR) is 123 cm³/mol. The van der Waals surface area contributed by atoms with Crippen molar-refractivity contribution in [1.29, 1.82) is 0 Å². The number of halogens is 1. The average Bonchev–Trinajstić information content (AvgIpc) is 2.78. The number of hydrogen-bond donors (Lipinski definition) is 2. The summed E-state index contributed by atoms with van der Waals surface area (Å²) < 4.78 is 11.8. The van der Waals surface area contributed by atoms with Crippen molar-refractivity contribution in [3.63, 3.8) is 0 Å². The zero-order valence-corrected chi connectivity index (χ0v) is 18.8. The quantitative estimate of drug-likeness (QED) is 0.539. The molecule has 32 heavy (non-hydrogen) atoms. The summed E-state index contributed by atoms with van der Waals surface area (Å²) in [7, 11) is 3.03. The second-order valence-electron chi connectivity index (χ2n) is 7.02. The van der Waals surface area contributed by atoms with Gasteiger partial charge in [0.1, 0.15) is 23.9 Å². The van der Waals surface area contributed by atoms with Crippen LogP contribution in [0.25, 0.3) is 11.4 Å². The summed E-state index contributed by atoms with van der Waals surface area (Å²) in [6.07, 6.45) is 0.146. The van der Waals surface area contributed by atoms with E-state index in [1.165, 1.54) is 18.8 Å². The Morgan fingerprint density at radius 1 is 1.12 bits per heavy atom. The van der Waals surface area contributed by atoms with Gasteiger partial charge in [0, 0.05) is 58.8 Å². The van der Waals surface area contributed by atoms with Crippen molar-refractivity contribution in [3.05, 3.63) is 69.1 Å². The van der Waals surface area contributed by atoms with Crippen LogP contribution in [0.3, 0.4) is 0 Å². The number of carbonyl (C=O) groups excluding carboxylic acids is 1. The standard InChI is InChI=1S/C23H24ClN3O5/c1-14-20(8-9-28)23(30)27(22(25-14)15-4-6-16(24)7-5-15)13-21(29)26-17-10-18(31-2)12-19(11-17)32-3/h4-7,10-12,28H,8-9,13H2,1-3H3,(H,26,29). The number of ether oxygens (including phenoxy) is 2. The van der Waals surface area contributed by atoms with Gasteiger partial charge in [-0.15, -0.1) is 0 Å². The summed E-state index contributed by atoms with van der Waals surface area (Å²) in [5.74, 6) is 0.935. The number of hydrogen-bond acceptors (Lipinski definition) is 6. The average molecular weight is 458 g/mol. The molecule has 2 aromatic carbocycles. The van der Waals surface area contributed by atoms with E-state index in [2.05, 4.69) is 10.3 Å². The van der Waals surface area contributed by atoms with Gasteiger partial charge in [0.15, 0.2) is 0 Å². The molecule has 3 aromatic rings. The van der Waals surface area contributed by atoms with Gasteiger partial charge in [-0.2, -0.15) is 0 Å². The highest BCUT2D eigenvalue weighted by atomic mass is 35.5. The van der Waals surface area contributed by atoms with Crippen LogP contribution >= 0.6 is 11.6 Å². The minimum Gasteiger partial charge on any atom is -0.497 e. The van der Waals surface area contributed by atoms with Gasteiger partial charge in [-0.25, -0.2) is 4.98 Å². The fourth-order valence-corrected chi connectivity index (χ4v) is 3.42. The highest BCUT2D eigenvalue weighted by molar-refractivity contribution is 6.30. The van der Waals surface area contributed by atoms with Crippen LogP contribution in [0.1, 0.15) is 11.3 Å². The van der Waals surface area contributed by atoms with Crippen LogP contribution in [-0.2, 0) is 17.8 Å². The first-order valence-corrected chi connectivity index (χ1v) is 10.2. The van der Waals surface area contributed by atoms with E-state index in [-0.39, 0.29) is 25.1 Å². The smallest absolute Gasteiger partial charge is 0.257 e. The Bertz CT molecular complexity index is 1150. The molecule has 0 aliphatic rings. The molecule has 2 N–H and O–H groups in total. The molecule has 8 nitrogen and oxygen atoms in total. The Hall–Kier alpha value is -3.36. The van der Waals surface area contributed by atoms with Crippen LogP contribution in [-0.4, -0.2) is 41.4 Å². The molecule has 0 unspecified atom stereocenters. The molecule has 1 heterocycles. The Morgan fingerprint density at radius 3 is 2.31 bits per heavy atom. The van der Waals surface area contributed by atoms with E-state index < -0.39 is 5.91 Å². The minimum absolute atomic E-state index is 0.146. The van der Waals surface area contributed by atoms with E-state index >= 15 is 0 Å². The number of aryl methyl sites for hydroxylation is 1. The Labute approximate surface area is 190 Å². The topological polar surface area (TPSA) is 103 Å². The monoisotopic (exact) mass is 457 g/mol. The normalized spacial score (nSPS) is 10.7. The first-order chi connectivity index (χ1) is 15.4. The van der Waals surface area contributed by atoms with Gasteiger partial charge in [0.25, 0.3) is 5.56 Å². The zero-order valence-electron chi connectivity index (χ0n) is 18.0. The maximum absolute atomic E-state index is 13.2. The SMILES string of the molecule is COc1cc(NC(=O)Cn2c(-c3ccc(Cl)cc3)nc(C)c(CCO)c2=O)cc(OC)c1. The molecule has 0 aliphatic heterocycles. The number of nitrogens with zero attached hydrogens (tertiary/aromatic N) is 2. The third-order valence-electron chi connectivity index (χ3n) is 4.87. The molecule has 0 saturated heterocycles. The molecule has 1 amide bonds. The number of aromatic nitrogens is 2. The molecule has 9 heteroatoms. The second kappa shape index (κ2) is 10.3. The molecule has 168 valence electrons. The highest BCUT2D eigenvalue weighted by Crippen LogP contribution is 2.26. The van der Waals surface area contributed by atoms with Crippen molar-refractivity contribution in [3.8, 4) is 22.9 Å². The number of rotatable bonds is 8. The largest absolute Gasteiger partial charge is 0.497 e. The number of amides is 1. The van der Waals surface area contributed by atoms with Crippen LogP contribution in [0.2, 0.25) is 5.02 Å². The summed E-state index contributed by atoms with van der Waals surface area (Å²) in [4.78, 5) is 30.6. The summed E-state index contributed by atoms with van der Waals surface area (Å²) in [5, 5.41) is 12.7. The van der Waals surface area contributed by atoms with E-state index in [1.54, 1.807) is 49.4 Å². The molecule has 1 aromatic heterocycles. The molecule has 0 spiro atoms. The lowest BCUT2D eigenvalue weighted by atomic mass is 10.1. The van der Waals surface area contributed by atoms with Gasteiger partial charge in [-0.3, -0.25) is 14.2 Å². The molecule has 0 bridgehead atoms. The number of aliphatic hydroxyl groups excluding tert-OH is 1. The molecule has 0 saturated carbocycles. The second-order valence-corrected chi connectivity index (χ2v) is 7.46. The lowest BCUT2D eigenvalue weighted by Crippen LogP contribution is -2.33. The maximum Gasteiger partial charge on any atom is 0.257 e. The zero-order chi connectivity index (χ0) is 23.3. The molecule has 3 rings (SSSR count). The number of benzene rings is 2. The lowest BCUT2D eigenvalue weighted by Gasteiger charge is -2.16. The van der Waals surface area contributed by atoms with Crippen molar-refractivity contribution >= 4 is 23.2 Å². The predicted octanol–water partition coefficient (Wildman–Crippen LogP) is 3.06. The van der Waals surface area contributed by atoms with Gasteiger partial charge in [0.2, 0.25) is 5.91 Å². The first kappa shape index (κ1) is 23.3. The molecular weight excluding hydrogens is 434 g/mol. The van der Waals surface area contributed by atoms with E-state index in [9.17, 15) is 14.7 Å². The molecule has 0 aliphatic carbocycles. The lowest BCUT2D eigenvalue weighted by molar-refractivity contribution is -0.116. The fourth-order valence-electron chi connectivity index (χ4n) is 3.29. The van der Waals surface area contributed by atoms with E-state index in [4.69, 9.17) is 21.1 Å². The first-order valence-electron chi connectivity index (χ1n) is 9.86. The van der Waals surface area contributed by atoms with Crippen molar-refractivity contribution in [2.75, 3.05) is 26.1 Å². The van der Waals surface area contributed by atoms with E-state index in [0.29, 0.717) is 44.9 Å². The van der Waals surface area contributed by atoms with Crippen molar-refractivity contribution in [1.82, 2.24) is 9.55 Å². The van der Waals surface area contributed by atoms with Crippen LogP contribution in [0, 0.1) is 6.92 Å². The molecule has 0 atom stereocenters. The van der Waals surface area contributed by atoms with E-state index in [0.717, 1.165) is 0 Å². The highest BCUT2D eigenvalue weighted by Gasteiger charge is 2.18. The van der Waals surface area contributed by atoms with Crippen LogP contribution in [0.5, 0.6) is 11.5 Å². The fraction of sp³-hybridized carbons (Fsp3) is 0.261. The summed E-state index contributed by atoms with van der Waals surface area (Å²) in [6, 6.07) is 11.8. The van der Waals surface area contributed by atoms with Crippen LogP contribution < -0.4 is 20.3 Å². The number of carbonyl (C=O) groups is 1. The summed E-state index contributed by atoms with van der Waals surface area (Å²) in [5.41, 5.74) is 1.59. The Balaban J connectivity index is 2.00. The van der Waals surface area contributed by atoms with Crippen LogP contribution in [0.15, 0.2) is 47.3 Å². The van der Waals surface area contributed by atoms with Gasteiger partial charge in [0.05, 0.1) is 14.2 Å². The number of methoxy groups -OCH3 is 2. The molecule has 0 radical (unpaired) electrons. The Kier molecular flexibility index (Phi) is 7.50. The van der Waals surface area contributed by atoms with Gasteiger partial charge < -0.3 is 19.9 Å². The van der Waals surface area contributed by atoms with Crippen LogP contribution in [0.4, 0.5) is 5.69 Å². The van der Waals surface area contributed by atoms with Gasteiger partial charge in [-0.05, 0) is 31.2 Å². The third-order valence-corrected chi connectivity index (χ3v) is 5.12. The third kappa shape index (κ3) is 5.27. The van der Waals surface area contributed by atoms with Gasteiger partial charge in [-0.1, -0.05) is 11.6 Å². The number of nitrogens with one attached hydrogen (secondary N) is 1. The molecular formula is C23H24ClN3O5. The molecule has 0 fully saturated rings. The van der Waals surface area contributed by atoms with Crippen molar-refractivity contribution in [2.24, 2.45) is 0 Å². The number of aliphatic hydroxyl groups is 1. The minimum atomic E-state index is -0.432. The van der Waals surface area contributed by atoms with E-state index in [1.807, 2.05) is 0 Å². The van der Waals surface area contributed by atoms with Gasteiger partial charge >= 0.3 is 0 Å². The summed E-state index contributed by atoms with van der Waals surface area (Å²) >= 11 is 5.99. The Morgan fingerprint density at radius 2 is 1.75 bits per heavy atom.